The lowest BCUT2D eigenvalue weighted by atomic mass is 9.80. The first-order valence-corrected chi connectivity index (χ1v) is 6.01. The molecule has 2 aliphatic carbocycles. The summed E-state index contributed by atoms with van der Waals surface area (Å²) in [5.74, 6) is 1.96. The summed E-state index contributed by atoms with van der Waals surface area (Å²) in [6.07, 6.45) is 8.68. The molecule has 0 aromatic carbocycles. The van der Waals surface area contributed by atoms with Gasteiger partial charge in [0.2, 0.25) is 0 Å². The number of nitrogens with one attached hydrogen (secondary N) is 1. The molecular formula is C12H23N. The van der Waals surface area contributed by atoms with Crippen LogP contribution >= 0.6 is 0 Å². The van der Waals surface area contributed by atoms with E-state index in [1.165, 1.54) is 38.5 Å². The van der Waals surface area contributed by atoms with Gasteiger partial charge in [-0.25, -0.2) is 0 Å². The molecule has 0 aromatic rings. The lowest BCUT2D eigenvalue weighted by molar-refractivity contribution is 0.226. The van der Waals surface area contributed by atoms with E-state index in [0.29, 0.717) is 0 Å². The lowest BCUT2D eigenvalue weighted by Crippen LogP contribution is -2.42. The van der Waals surface area contributed by atoms with Gasteiger partial charge in [-0.2, -0.15) is 0 Å². The molecule has 2 aliphatic rings. The van der Waals surface area contributed by atoms with Crippen molar-refractivity contribution in [2.45, 2.75) is 64.5 Å². The van der Waals surface area contributed by atoms with Crippen molar-refractivity contribution < 1.29 is 0 Å². The number of hydrogen-bond donors (Lipinski definition) is 1. The van der Waals surface area contributed by atoms with Gasteiger partial charge in [-0.15, -0.1) is 0 Å². The SMILES string of the molecule is CC1CCC(N[C@@H](C)C2CCC2)C1. The molecule has 2 unspecified atom stereocenters. The maximum absolute atomic E-state index is 3.81. The molecule has 0 amide bonds. The van der Waals surface area contributed by atoms with Gasteiger partial charge < -0.3 is 5.32 Å². The van der Waals surface area contributed by atoms with Crippen LogP contribution in [0.3, 0.4) is 0 Å². The first kappa shape index (κ1) is 9.51. The molecule has 2 rings (SSSR count). The Morgan fingerprint density at radius 1 is 1.15 bits per heavy atom. The molecular weight excluding hydrogens is 158 g/mol. The molecule has 0 spiro atoms. The summed E-state index contributed by atoms with van der Waals surface area (Å²) < 4.78 is 0. The van der Waals surface area contributed by atoms with Crippen molar-refractivity contribution in [3.05, 3.63) is 0 Å². The van der Waals surface area contributed by atoms with Gasteiger partial charge in [0.05, 0.1) is 0 Å². The molecule has 1 heteroatoms. The molecule has 76 valence electrons. The summed E-state index contributed by atoms with van der Waals surface area (Å²) in [6, 6.07) is 1.62. The lowest BCUT2D eigenvalue weighted by Gasteiger charge is -2.34. The van der Waals surface area contributed by atoms with E-state index in [0.717, 1.165) is 23.9 Å². The van der Waals surface area contributed by atoms with Crippen LogP contribution in [0.4, 0.5) is 0 Å². The molecule has 0 aromatic heterocycles. The number of rotatable bonds is 3. The second-order valence-corrected chi connectivity index (χ2v) is 5.26. The van der Waals surface area contributed by atoms with E-state index in [-0.39, 0.29) is 0 Å². The molecule has 1 nitrogen and oxygen atoms in total. The highest BCUT2D eigenvalue weighted by Crippen LogP contribution is 2.31. The molecule has 2 saturated carbocycles. The van der Waals surface area contributed by atoms with Crippen LogP contribution < -0.4 is 5.32 Å². The number of hydrogen-bond acceptors (Lipinski definition) is 1. The van der Waals surface area contributed by atoms with E-state index in [9.17, 15) is 0 Å². The predicted molar refractivity (Wildman–Crippen MR) is 56.7 cm³/mol. The van der Waals surface area contributed by atoms with Gasteiger partial charge in [-0.1, -0.05) is 13.3 Å². The van der Waals surface area contributed by atoms with Gasteiger partial charge >= 0.3 is 0 Å². The van der Waals surface area contributed by atoms with E-state index in [1.807, 2.05) is 0 Å². The molecule has 0 radical (unpaired) electrons. The maximum Gasteiger partial charge on any atom is 0.00722 e. The summed E-state index contributed by atoms with van der Waals surface area (Å²) in [7, 11) is 0. The minimum Gasteiger partial charge on any atom is -0.311 e. The Hall–Kier alpha value is -0.0400. The predicted octanol–water partition coefficient (Wildman–Crippen LogP) is 2.95. The highest BCUT2D eigenvalue weighted by Gasteiger charge is 2.28. The fourth-order valence-corrected chi connectivity index (χ4v) is 2.81. The fraction of sp³-hybridized carbons (Fsp3) is 1.00. The van der Waals surface area contributed by atoms with Crippen molar-refractivity contribution in [3.63, 3.8) is 0 Å². The van der Waals surface area contributed by atoms with Gasteiger partial charge in [-0.3, -0.25) is 0 Å². The van der Waals surface area contributed by atoms with Crippen molar-refractivity contribution in [3.8, 4) is 0 Å². The van der Waals surface area contributed by atoms with E-state index in [4.69, 9.17) is 0 Å². The fourth-order valence-electron chi connectivity index (χ4n) is 2.81. The molecule has 0 heterocycles. The second-order valence-electron chi connectivity index (χ2n) is 5.26. The summed E-state index contributed by atoms with van der Waals surface area (Å²) in [4.78, 5) is 0. The average molecular weight is 181 g/mol. The van der Waals surface area contributed by atoms with Crippen LogP contribution in [0.25, 0.3) is 0 Å². The Balaban J connectivity index is 1.71. The van der Waals surface area contributed by atoms with Crippen molar-refractivity contribution in [2.75, 3.05) is 0 Å². The summed E-state index contributed by atoms with van der Waals surface area (Å²) >= 11 is 0. The van der Waals surface area contributed by atoms with Crippen LogP contribution in [0.2, 0.25) is 0 Å². The molecule has 2 fully saturated rings. The molecule has 0 bridgehead atoms. The van der Waals surface area contributed by atoms with Gasteiger partial charge in [0.15, 0.2) is 0 Å². The van der Waals surface area contributed by atoms with Gasteiger partial charge in [0.1, 0.15) is 0 Å². The van der Waals surface area contributed by atoms with Gasteiger partial charge in [-0.05, 0) is 50.9 Å². The second kappa shape index (κ2) is 4.00. The maximum atomic E-state index is 3.81. The zero-order valence-corrected chi connectivity index (χ0v) is 9.05. The van der Waals surface area contributed by atoms with Crippen molar-refractivity contribution in [1.82, 2.24) is 5.32 Å². The van der Waals surface area contributed by atoms with Crippen LogP contribution in [-0.2, 0) is 0 Å². The Kier molecular flexibility index (Phi) is 2.92. The van der Waals surface area contributed by atoms with Crippen molar-refractivity contribution >= 4 is 0 Å². The van der Waals surface area contributed by atoms with E-state index < -0.39 is 0 Å². The molecule has 13 heavy (non-hydrogen) atoms. The monoisotopic (exact) mass is 181 g/mol. The third-order valence-electron chi connectivity index (χ3n) is 4.05. The van der Waals surface area contributed by atoms with Crippen LogP contribution in [0.15, 0.2) is 0 Å². The highest BCUT2D eigenvalue weighted by atomic mass is 15.0. The van der Waals surface area contributed by atoms with Crippen LogP contribution in [0.1, 0.15) is 52.4 Å². The molecule has 3 atom stereocenters. The third kappa shape index (κ3) is 2.25. The Morgan fingerprint density at radius 3 is 2.38 bits per heavy atom. The largest absolute Gasteiger partial charge is 0.311 e. The Bertz CT molecular complexity index is 163. The highest BCUT2D eigenvalue weighted by molar-refractivity contribution is 4.85. The zero-order chi connectivity index (χ0) is 9.26. The summed E-state index contributed by atoms with van der Waals surface area (Å²) in [5, 5.41) is 3.81. The first-order chi connectivity index (χ1) is 6.25. The summed E-state index contributed by atoms with van der Waals surface area (Å²) in [5.41, 5.74) is 0. The topological polar surface area (TPSA) is 12.0 Å². The van der Waals surface area contributed by atoms with Crippen LogP contribution in [0, 0.1) is 11.8 Å². The Labute approximate surface area is 82.3 Å². The molecule has 1 N–H and O–H groups in total. The van der Waals surface area contributed by atoms with Gasteiger partial charge in [0, 0.05) is 12.1 Å². The van der Waals surface area contributed by atoms with E-state index >= 15 is 0 Å². The van der Waals surface area contributed by atoms with Crippen LogP contribution in [-0.4, -0.2) is 12.1 Å². The zero-order valence-electron chi connectivity index (χ0n) is 9.05. The van der Waals surface area contributed by atoms with E-state index in [2.05, 4.69) is 19.2 Å². The normalized spacial score (nSPS) is 37.4. The summed E-state index contributed by atoms with van der Waals surface area (Å²) in [6.45, 7) is 4.77. The van der Waals surface area contributed by atoms with Crippen molar-refractivity contribution in [2.24, 2.45) is 11.8 Å². The van der Waals surface area contributed by atoms with Crippen LogP contribution in [0.5, 0.6) is 0 Å². The smallest absolute Gasteiger partial charge is 0.00722 e. The minimum atomic E-state index is 0.782. The quantitative estimate of drug-likeness (QED) is 0.706. The Morgan fingerprint density at radius 2 is 1.92 bits per heavy atom. The van der Waals surface area contributed by atoms with Crippen molar-refractivity contribution in [1.29, 1.82) is 0 Å². The van der Waals surface area contributed by atoms with E-state index in [1.54, 1.807) is 0 Å². The average Bonchev–Trinajstić information content (AvgIpc) is 2.31. The first-order valence-electron chi connectivity index (χ1n) is 6.01. The molecule has 0 saturated heterocycles. The molecule has 0 aliphatic heterocycles. The van der Waals surface area contributed by atoms with Gasteiger partial charge in [0.25, 0.3) is 0 Å². The standard InChI is InChI=1S/C12H23N/c1-9-6-7-12(8-9)13-10(2)11-4-3-5-11/h9-13H,3-8H2,1-2H3/t9?,10-,12?/m0/s1. The third-order valence-corrected chi connectivity index (χ3v) is 4.05. The minimum absolute atomic E-state index is 0.782.